The molecule has 1 aromatic heterocycles. The van der Waals surface area contributed by atoms with Crippen molar-refractivity contribution in [3.8, 4) is 0 Å². The van der Waals surface area contributed by atoms with Crippen LogP contribution in [0.25, 0.3) is 10.9 Å². The highest BCUT2D eigenvalue weighted by Crippen LogP contribution is 2.32. The molecule has 1 fully saturated rings. The third kappa shape index (κ3) is 1.74. The Kier molecular flexibility index (Phi) is 2.44. The molecule has 2 nitrogen and oxygen atoms in total. The van der Waals surface area contributed by atoms with Crippen molar-refractivity contribution in [1.82, 2.24) is 9.88 Å². The molecule has 84 valence electrons. The second-order valence-electron chi connectivity index (χ2n) is 4.80. The van der Waals surface area contributed by atoms with Gasteiger partial charge in [0, 0.05) is 30.2 Å². The van der Waals surface area contributed by atoms with E-state index in [1.807, 2.05) is 7.05 Å². The predicted octanol–water partition coefficient (Wildman–Crippen LogP) is 2.77. The van der Waals surface area contributed by atoms with Gasteiger partial charge in [-0.2, -0.15) is 0 Å². The highest BCUT2D eigenvalue weighted by atomic mass is 15.0. The molecule has 2 aromatic rings. The molecule has 16 heavy (non-hydrogen) atoms. The summed E-state index contributed by atoms with van der Waals surface area (Å²) in [6.45, 7) is 2.16. The minimum atomic E-state index is 0.929. The standard InChI is InChI=1S/C14H18N2/c1-15-8-12-10-16(9-11-6-7-11)14-5-3-2-4-13(12)14/h2-5,10-11,15H,6-9H2,1H3. The SMILES string of the molecule is CNCc1cn(CC2CC2)c2ccccc12. The second-order valence-corrected chi connectivity index (χ2v) is 4.80. The number of hydrogen-bond donors (Lipinski definition) is 1. The lowest BCUT2D eigenvalue weighted by Crippen LogP contribution is -2.04. The number of nitrogens with zero attached hydrogens (tertiary/aromatic N) is 1. The lowest BCUT2D eigenvalue weighted by molar-refractivity contribution is 0.644. The van der Waals surface area contributed by atoms with E-state index in [4.69, 9.17) is 0 Å². The molecule has 0 amide bonds. The van der Waals surface area contributed by atoms with Gasteiger partial charge in [-0.1, -0.05) is 18.2 Å². The number of benzene rings is 1. The zero-order valence-corrected chi connectivity index (χ0v) is 9.74. The quantitative estimate of drug-likeness (QED) is 0.828. The van der Waals surface area contributed by atoms with Crippen LogP contribution < -0.4 is 5.32 Å². The van der Waals surface area contributed by atoms with Gasteiger partial charge in [-0.15, -0.1) is 0 Å². The molecule has 1 aromatic carbocycles. The molecule has 1 saturated carbocycles. The monoisotopic (exact) mass is 214 g/mol. The molecular weight excluding hydrogens is 196 g/mol. The minimum absolute atomic E-state index is 0.929. The summed E-state index contributed by atoms with van der Waals surface area (Å²) in [6.07, 6.45) is 5.14. The maximum absolute atomic E-state index is 3.25. The van der Waals surface area contributed by atoms with Crippen LogP contribution in [0, 0.1) is 5.92 Å². The van der Waals surface area contributed by atoms with Crippen LogP contribution in [-0.2, 0) is 13.1 Å². The Bertz CT molecular complexity index is 494. The molecule has 0 radical (unpaired) electrons. The fourth-order valence-corrected chi connectivity index (χ4v) is 2.38. The van der Waals surface area contributed by atoms with Gasteiger partial charge in [-0.25, -0.2) is 0 Å². The maximum atomic E-state index is 3.25. The summed E-state index contributed by atoms with van der Waals surface area (Å²) in [5, 5.41) is 4.65. The van der Waals surface area contributed by atoms with Gasteiger partial charge < -0.3 is 9.88 Å². The van der Waals surface area contributed by atoms with Crippen molar-refractivity contribution in [2.75, 3.05) is 7.05 Å². The van der Waals surface area contributed by atoms with Gasteiger partial charge in [0.05, 0.1) is 0 Å². The van der Waals surface area contributed by atoms with Crippen LogP contribution in [0.5, 0.6) is 0 Å². The first-order valence-corrected chi connectivity index (χ1v) is 6.10. The van der Waals surface area contributed by atoms with Crippen LogP contribution in [0.3, 0.4) is 0 Å². The smallest absolute Gasteiger partial charge is 0.0483 e. The van der Waals surface area contributed by atoms with Crippen LogP contribution >= 0.6 is 0 Å². The summed E-state index contributed by atoms with van der Waals surface area (Å²) in [6, 6.07) is 8.72. The van der Waals surface area contributed by atoms with Gasteiger partial charge in [0.1, 0.15) is 0 Å². The van der Waals surface area contributed by atoms with Crippen molar-refractivity contribution >= 4 is 10.9 Å². The zero-order valence-electron chi connectivity index (χ0n) is 9.74. The van der Waals surface area contributed by atoms with Gasteiger partial charge >= 0.3 is 0 Å². The lowest BCUT2D eigenvalue weighted by atomic mass is 10.2. The number of fused-ring (bicyclic) bond motifs is 1. The Morgan fingerprint density at radius 2 is 2.12 bits per heavy atom. The van der Waals surface area contributed by atoms with Crippen molar-refractivity contribution in [3.63, 3.8) is 0 Å². The first-order valence-electron chi connectivity index (χ1n) is 6.10. The number of aromatic nitrogens is 1. The van der Waals surface area contributed by atoms with Crippen LogP contribution in [-0.4, -0.2) is 11.6 Å². The highest BCUT2D eigenvalue weighted by Gasteiger charge is 2.22. The van der Waals surface area contributed by atoms with Gasteiger partial charge in [-0.05, 0) is 37.4 Å². The molecule has 3 rings (SSSR count). The summed E-state index contributed by atoms with van der Waals surface area (Å²) >= 11 is 0. The Hall–Kier alpha value is -1.28. The van der Waals surface area contributed by atoms with Crippen molar-refractivity contribution in [2.45, 2.75) is 25.9 Å². The lowest BCUT2D eigenvalue weighted by Gasteiger charge is -2.02. The molecule has 0 bridgehead atoms. The van der Waals surface area contributed by atoms with E-state index >= 15 is 0 Å². The molecule has 2 heteroatoms. The molecule has 0 unspecified atom stereocenters. The van der Waals surface area contributed by atoms with Crippen molar-refractivity contribution < 1.29 is 0 Å². The largest absolute Gasteiger partial charge is 0.347 e. The number of nitrogens with one attached hydrogen (secondary N) is 1. The van der Waals surface area contributed by atoms with Crippen LogP contribution in [0.15, 0.2) is 30.5 Å². The molecule has 0 saturated heterocycles. The molecule has 1 aliphatic rings. The fraction of sp³-hybridized carbons (Fsp3) is 0.429. The second kappa shape index (κ2) is 3.95. The Morgan fingerprint density at radius 1 is 1.31 bits per heavy atom. The van der Waals surface area contributed by atoms with Crippen molar-refractivity contribution in [2.24, 2.45) is 5.92 Å². The molecule has 1 N–H and O–H groups in total. The zero-order chi connectivity index (χ0) is 11.0. The maximum Gasteiger partial charge on any atom is 0.0483 e. The average molecular weight is 214 g/mol. The van der Waals surface area contributed by atoms with Crippen LogP contribution in [0.4, 0.5) is 0 Å². The summed E-state index contributed by atoms with van der Waals surface area (Å²) in [7, 11) is 2.01. The number of rotatable bonds is 4. The average Bonchev–Trinajstić information content (AvgIpc) is 3.05. The van der Waals surface area contributed by atoms with E-state index in [-0.39, 0.29) is 0 Å². The van der Waals surface area contributed by atoms with E-state index in [1.165, 1.54) is 35.9 Å². The van der Waals surface area contributed by atoms with E-state index in [9.17, 15) is 0 Å². The highest BCUT2D eigenvalue weighted by molar-refractivity contribution is 5.83. The summed E-state index contributed by atoms with van der Waals surface area (Å²) in [4.78, 5) is 0. The summed E-state index contributed by atoms with van der Waals surface area (Å²) in [5.41, 5.74) is 2.80. The van der Waals surface area contributed by atoms with E-state index in [0.29, 0.717) is 0 Å². The Labute approximate surface area is 96.3 Å². The topological polar surface area (TPSA) is 17.0 Å². The molecule has 1 heterocycles. The normalized spacial score (nSPS) is 15.8. The van der Waals surface area contributed by atoms with E-state index < -0.39 is 0 Å². The fourth-order valence-electron chi connectivity index (χ4n) is 2.38. The Morgan fingerprint density at radius 3 is 2.88 bits per heavy atom. The molecule has 0 atom stereocenters. The van der Waals surface area contributed by atoms with Crippen molar-refractivity contribution in [1.29, 1.82) is 0 Å². The molecule has 0 spiro atoms. The van der Waals surface area contributed by atoms with Gasteiger partial charge in [-0.3, -0.25) is 0 Å². The number of para-hydroxylation sites is 1. The molecule has 0 aliphatic heterocycles. The number of hydrogen-bond acceptors (Lipinski definition) is 1. The predicted molar refractivity (Wildman–Crippen MR) is 67.4 cm³/mol. The molecule has 1 aliphatic carbocycles. The van der Waals surface area contributed by atoms with Crippen LogP contribution in [0.1, 0.15) is 18.4 Å². The van der Waals surface area contributed by atoms with Crippen LogP contribution in [0.2, 0.25) is 0 Å². The van der Waals surface area contributed by atoms with E-state index in [1.54, 1.807) is 0 Å². The summed E-state index contributed by atoms with van der Waals surface area (Å²) in [5.74, 6) is 0.929. The van der Waals surface area contributed by atoms with Gasteiger partial charge in [0.15, 0.2) is 0 Å². The Balaban J connectivity index is 2.05. The summed E-state index contributed by atoms with van der Waals surface area (Å²) < 4.78 is 2.43. The first kappa shape index (κ1) is 9.91. The van der Waals surface area contributed by atoms with Gasteiger partial charge in [0.2, 0.25) is 0 Å². The van der Waals surface area contributed by atoms with Crippen molar-refractivity contribution in [3.05, 3.63) is 36.0 Å². The third-order valence-corrected chi connectivity index (χ3v) is 3.39. The minimum Gasteiger partial charge on any atom is -0.347 e. The van der Waals surface area contributed by atoms with Gasteiger partial charge in [0.25, 0.3) is 0 Å². The van der Waals surface area contributed by atoms with E-state index in [0.717, 1.165) is 12.5 Å². The van der Waals surface area contributed by atoms with E-state index in [2.05, 4.69) is 40.3 Å². The first-order chi connectivity index (χ1) is 7.88. The third-order valence-electron chi connectivity index (χ3n) is 3.39. The molecular formula is C14H18N2.